The molecule has 0 unspecified atom stereocenters. The highest BCUT2D eigenvalue weighted by molar-refractivity contribution is 6.00. The quantitative estimate of drug-likeness (QED) is 0.482. The van der Waals surface area contributed by atoms with Crippen molar-refractivity contribution in [3.05, 3.63) is 59.2 Å². The number of amidine groups is 1. The molecule has 0 bridgehead atoms. The van der Waals surface area contributed by atoms with Crippen LogP contribution in [0.2, 0.25) is 0 Å². The minimum atomic E-state index is 0.240. The fourth-order valence-corrected chi connectivity index (χ4v) is 2.38. The Hall–Kier alpha value is -2.22. The lowest BCUT2D eigenvalue weighted by molar-refractivity contribution is 1.26. The molecule has 2 heteroatoms. The molecule has 0 saturated heterocycles. The highest BCUT2D eigenvalue weighted by Crippen LogP contribution is 2.36. The van der Waals surface area contributed by atoms with Crippen LogP contribution in [0, 0.1) is 5.41 Å². The second-order valence-electron chi connectivity index (χ2n) is 4.21. The fourth-order valence-electron chi connectivity index (χ4n) is 2.38. The number of hydrogen-bond donors (Lipinski definition) is 1. The Morgan fingerprint density at radius 1 is 1.06 bits per heavy atom. The molecule has 0 atom stereocenters. The van der Waals surface area contributed by atoms with Crippen LogP contribution in [0.5, 0.6) is 0 Å². The molecule has 0 saturated carbocycles. The second kappa shape index (κ2) is 3.67. The van der Waals surface area contributed by atoms with Gasteiger partial charge in [-0.2, -0.15) is 0 Å². The van der Waals surface area contributed by atoms with Gasteiger partial charge in [-0.25, -0.2) is 4.99 Å². The summed E-state index contributed by atoms with van der Waals surface area (Å²) in [5, 5.41) is 7.67. The van der Waals surface area contributed by atoms with E-state index in [1.54, 1.807) is 0 Å². The number of fused-ring (bicyclic) bond motifs is 3. The topological polar surface area (TPSA) is 36.2 Å². The monoisotopic (exact) mass is 220 g/mol. The normalized spacial score (nSPS) is 11.8. The zero-order valence-corrected chi connectivity index (χ0v) is 9.40. The summed E-state index contributed by atoms with van der Waals surface area (Å²) in [6.45, 7) is 3.40. The molecule has 2 nitrogen and oxygen atoms in total. The van der Waals surface area contributed by atoms with Gasteiger partial charge in [0.05, 0.1) is 0 Å². The van der Waals surface area contributed by atoms with Crippen LogP contribution < -0.4 is 0 Å². The van der Waals surface area contributed by atoms with E-state index in [0.717, 1.165) is 12.0 Å². The zero-order valence-electron chi connectivity index (χ0n) is 9.40. The summed E-state index contributed by atoms with van der Waals surface area (Å²) in [7, 11) is 0. The number of nitrogens with one attached hydrogen (secondary N) is 1. The van der Waals surface area contributed by atoms with Crippen LogP contribution in [0.15, 0.2) is 47.5 Å². The van der Waals surface area contributed by atoms with Gasteiger partial charge in [-0.15, -0.1) is 0 Å². The van der Waals surface area contributed by atoms with Gasteiger partial charge in [-0.05, 0) is 41.5 Å². The lowest BCUT2D eigenvalue weighted by Crippen LogP contribution is -1.95. The van der Waals surface area contributed by atoms with Crippen molar-refractivity contribution in [2.24, 2.45) is 4.99 Å². The van der Waals surface area contributed by atoms with Crippen molar-refractivity contribution in [3.8, 4) is 11.1 Å². The molecule has 0 heterocycles. The maximum absolute atomic E-state index is 7.67. The first-order valence-corrected chi connectivity index (χ1v) is 5.56. The van der Waals surface area contributed by atoms with Crippen molar-refractivity contribution in [1.82, 2.24) is 0 Å². The molecular formula is C15H12N2. The van der Waals surface area contributed by atoms with Gasteiger partial charge in [0.25, 0.3) is 0 Å². The molecule has 0 fully saturated rings. The first-order valence-electron chi connectivity index (χ1n) is 5.56. The number of hydrogen-bond acceptors (Lipinski definition) is 1. The molecule has 0 spiro atoms. The molecule has 0 amide bonds. The summed E-state index contributed by atoms with van der Waals surface area (Å²) in [4.78, 5) is 3.67. The van der Waals surface area contributed by atoms with Crippen LogP contribution >= 0.6 is 0 Å². The maximum Gasteiger partial charge on any atom is 0.151 e. The van der Waals surface area contributed by atoms with Gasteiger partial charge in [0.2, 0.25) is 0 Å². The largest absolute Gasteiger partial charge is 0.282 e. The van der Waals surface area contributed by atoms with Crippen molar-refractivity contribution in [3.63, 3.8) is 0 Å². The Kier molecular flexibility index (Phi) is 2.15. The molecule has 1 aliphatic carbocycles. The molecule has 82 valence electrons. The van der Waals surface area contributed by atoms with Crippen molar-refractivity contribution in [2.45, 2.75) is 6.42 Å². The highest BCUT2D eigenvalue weighted by Gasteiger charge is 2.18. The van der Waals surface area contributed by atoms with E-state index in [-0.39, 0.29) is 5.84 Å². The van der Waals surface area contributed by atoms with Gasteiger partial charge < -0.3 is 0 Å². The molecule has 0 radical (unpaired) electrons. The van der Waals surface area contributed by atoms with E-state index in [2.05, 4.69) is 42.0 Å². The Morgan fingerprint density at radius 3 is 2.65 bits per heavy atom. The van der Waals surface area contributed by atoms with Crippen LogP contribution in [-0.4, -0.2) is 12.6 Å². The molecule has 1 N–H and O–H groups in total. The fraction of sp³-hybridized carbons (Fsp3) is 0.0667. The summed E-state index contributed by atoms with van der Waals surface area (Å²) in [5.41, 5.74) is 6.06. The molecule has 2 aromatic carbocycles. The second-order valence-corrected chi connectivity index (χ2v) is 4.21. The number of rotatable bonds is 1. The average molecular weight is 220 g/mol. The molecular weight excluding hydrogens is 208 g/mol. The predicted molar refractivity (Wildman–Crippen MR) is 71.1 cm³/mol. The first-order chi connectivity index (χ1) is 8.29. The van der Waals surface area contributed by atoms with Crippen LogP contribution in [0.25, 0.3) is 11.1 Å². The van der Waals surface area contributed by atoms with E-state index < -0.39 is 0 Å². The third-order valence-corrected chi connectivity index (χ3v) is 3.23. The summed E-state index contributed by atoms with van der Waals surface area (Å²) >= 11 is 0. The summed E-state index contributed by atoms with van der Waals surface area (Å²) < 4.78 is 0. The third kappa shape index (κ3) is 1.49. The lowest BCUT2D eigenvalue weighted by atomic mass is 10.0. The van der Waals surface area contributed by atoms with E-state index >= 15 is 0 Å². The van der Waals surface area contributed by atoms with Crippen molar-refractivity contribution in [2.75, 3.05) is 0 Å². The van der Waals surface area contributed by atoms with Gasteiger partial charge in [-0.3, -0.25) is 5.41 Å². The van der Waals surface area contributed by atoms with Gasteiger partial charge >= 0.3 is 0 Å². The van der Waals surface area contributed by atoms with Gasteiger partial charge in [0, 0.05) is 5.56 Å². The molecule has 0 aliphatic heterocycles. The summed E-state index contributed by atoms with van der Waals surface area (Å²) in [6.07, 6.45) is 0.948. The van der Waals surface area contributed by atoms with Crippen molar-refractivity contribution >= 4 is 12.6 Å². The van der Waals surface area contributed by atoms with Crippen molar-refractivity contribution in [1.29, 1.82) is 5.41 Å². The van der Waals surface area contributed by atoms with E-state index in [4.69, 9.17) is 5.41 Å². The molecule has 2 aromatic rings. The van der Waals surface area contributed by atoms with Crippen LogP contribution in [0.1, 0.15) is 16.7 Å². The van der Waals surface area contributed by atoms with Gasteiger partial charge in [0.15, 0.2) is 5.84 Å². The Morgan fingerprint density at radius 2 is 1.82 bits per heavy atom. The van der Waals surface area contributed by atoms with Gasteiger partial charge in [0.1, 0.15) is 0 Å². The number of aliphatic imine (C=N–C) groups is 1. The lowest BCUT2D eigenvalue weighted by Gasteiger charge is -2.03. The zero-order chi connectivity index (χ0) is 11.8. The van der Waals surface area contributed by atoms with E-state index in [1.165, 1.54) is 22.3 Å². The SMILES string of the molecule is C=NC(=N)c1ccc2c(c1)Cc1ccccc1-2. The van der Waals surface area contributed by atoms with Crippen LogP contribution in [0.3, 0.4) is 0 Å². The average Bonchev–Trinajstić information content (AvgIpc) is 2.75. The minimum Gasteiger partial charge on any atom is -0.282 e. The van der Waals surface area contributed by atoms with E-state index in [9.17, 15) is 0 Å². The number of nitrogens with zero attached hydrogens (tertiary/aromatic N) is 1. The Balaban J connectivity index is 2.13. The predicted octanol–water partition coefficient (Wildman–Crippen LogP) is 3.28. The molecule has 0 aromatic heterocycles. The Labute approximate surface area is 100 Å². The van der Waals surface area contributed by atoms with Crippen molar-refractivity contribution < 1.29 is 0 Å². The van der Waals surface area contributed by atoms with E-state index in [1.807, 2.05) is 12.1 Å². The molecule has 17 heavy (non-hydrogen) atoms. The first kappa shape index (κ1) is 9.97. The van der Waals surface area contributed by atoms with E-state index in [0.29, 0.717) is 0 Å². The van der Waals surface area contributed by atoms with Crippen LogP contribution in [0.4, 0.5) is 0 Å². The standard InChI is InChI=1S/C15H12N2/c1-17-15(16)11-6-7-14-12(9-11)8-10-4-2-3-5-13(10)14/h2-7,9,16H,1,8H2. The number of benzene rings is 2. The smallest absolute Gasteiger partial charge is 0.151 e. The van der Waals surface area contributed by atoms with Gasteiger partial charge in [-0.1, -0.05) is 36.4 Å². The maximum atomic E-state index is 7.67. The Bertz CT molecular complexity index is 627. The third-order valence-electron chi connectivity index (χ3n) is 3.23. The molecule has 3 rings (SSSR count). The molecule has 1 aliphatic rings. The van der Waals surface area contributed by atoms with Crippen LogP contribution in [-0.2, 0) is 6.42 Å². The highest BCUT2D eigenvalue weighted by atomic mass is 14.8. The summed E-state index contributed by atoms with van der Waals surface area (Å²) in [5.74, 6) is 0.240. The minimum absolute atomic E-state index is 0.240. The summed E-state index contributed by atoms with van der Waals surface area (Å²) in [6, 6.07) is 14.5.